The Kier molecular flexibility index (Phi) is 2.37. The Morgan fingerprint density at radius 1 is 1.36 bits per heavy atom. The molecule has 0 saturated heterocycles. The largest absolute Gasteiger partial charge is 0.314 e. The summed E-state index contributed by atoms with van der Waals surface area (Å²) in [6.45, 7) is 0.614. The number of nitrogens with one attached hydrogen (secondary N) is 1. The fourth-order valence-corrected chi connectivity index (χ4v) is 1.39. The smallest absolute Gasteiger partial charge is 0.124 e. The molecule has 1 N–H and O–H groups in total. The molecule has 1 aromatic heterocycles. The number of aromatic nitrogens is 2. The maximum absolute atomic E-state index is 13.0. The first-order valence-electron chi connectivity index (χ1n) is 4.35. The molecule has 0 bridgehead atoms. The number of hydrogen-bond acceptors (Lipinski definition) is 3. The summed E-state index contributed by atoms with van der Waals surface area (Å²) in [5.41, 5.74) is 1.59. The van der Waals surface area contributed by atoms with Crippen molar-refractivity contribution in [3.63, 3.8) is 0 Å². The first-order valence-corrected chi connectivity index (χ1v) is 4.35. The summed E-state index contributed by atoms with van der Waals surface area (Å²) in [5, 5.41) is 3.75. The van der Waals surface area contributed by atoms with E-state index in [0.717, 1.165) is 16.6 Å². The zero-order chi connectivity index (χ0) is 9.97. The maximum Gasteiger partial charge on any atom is 0.124 e. The summed E-state index contributed by atoms with van der Waals surface area (Å²) < 4.78 is 13.0. The van der Waals surface area contributed by atoms with Gasteiger partial charge in [0.05, 0.1) is 11.2 Å². The summed E-state index contributed by atoms with van der Waals surface area (Å²) in [4.78, 5) is 8.16. The van der Waals surface area contributed by atoms with Crippen LogP contribution in [-0.4, -0.2) is 17.0 Å². The molecule has 0 spiro atoms. The maximum atomic E-state index is 13.0. The van der Waals surface area contributed by atoms with E-state index < -0.39 is 0 Å². The van der Waals surface area contributed by atoms with Gasteiger partial charge in [-0.1, -0.05) is 0 Å². The van der Waals surface area contributed by atoms with Crippen molar-refractivity contribution in [1.82, 2.24) is 15.3 Å². The van der Waals surface area contributed by atoms with Crippen molar-refractivity contribution in [1.29, 1.82) is 0 Å². The molecule has 0 amide bonds. The van der Waals surface area contributed by atoms with Crippen LogP contribution in [0.2, 0.25) is 0 Å². The number of nitrogens with zero attached hydrogens (tertiary/aromatic N) is 2. The first-order chi connectivity index (χ1) is 6.81. The number of fused-ring (bicyclic) bond motifs is 1. The summed E-state index contributed by atoms with van der Waals surface area (Å²) in [6, 6.07) is 4.52. The Morgan fingerprint density at radius 2 is 2.21 bits per heavy atom. The van der Waals surface area contributed by atoms with Gasteiger partial charge in [0.25, 0.3) is 0 Å². The van der Waals surface area contributed by atoms with E-state index >= 15 is 0 Å². The molecule has 1 aromatic carbocycles. The van der Waals surface area contributed by atoms with Crippen LogP contribution in [0, 0.1) is 5.82 Å². The van der Waals surface area contributed by atoms with Crippen molar-refractivity contribution < 1.29 is 4.39 Å². The zero-order valence-electron chi connectivity index (χ0n) is 7.79. The van der Waals surface area contributed by atoms with E-state index in [9.17, 15) is 4.39 Å². The van der Waals surface area contributed by atoms with Crippen molar-refractivity contribution in [2.45, 2.75) is 6.54 Å². The molecule has 4 heteroatoms. The zero-order valence-corrected chi connectivity index (χ0v) is 7.79. The standard InChI is InChI=1S/C10H10FN3/c1-12-5-10-8-4-7(11)2-3-9(8)13-6-14-10/h2-4,6,12H,5H2,1H3. The van der Waals surface area contributed by atoms with E-state index in [0.29, 0.717) is 6.54 Å². The van der Waals surface area contributed by atoms with Crippen LogP contribution < -0.4 is 5.32 Å². The highest BCUT2D eigenvalue weighted by Crippen LogP contribution is 2.15. The Morgan fingerprint density at radius 3 is 3.00 bits per heavy atom. The lowest BCUT2D eigenvalue weighted by atomic mass is 10.2. The van der Waals surface area contributed by atoms with Crippen LogP contribution in [0.3, 0.4) is 0 Å². The third kappa shape index (κ3) is 1.56. The highest BCUT2D eigenvalue weighted by atomic mass is 19.1. The third-order valence-electron chi connectivity index (χ3n) is 2.02. The summed E-state index contributed by atoms with van der Waals surface area (Å²) >= 11 is 0. The minimum atomic E-state index is -0.260. The number of benzene rings is 1. The second-order valence-corrected chi connectivity index (χ2v) is 3.01. The predicted molar refractivity (Wildman–Crippen MR) is 52.3 cm³/mol. The van der Waals surface area contributed by atoms with Crippen LogP contribution in [0.1, 0.15) is 5.69 Å². The van der Waals surface area contributed by atoms with Crippen molar-refractivity contribution >= 4 is 10.9 Å². The van der Waals surface area contributed by atoms with Gasteiger partial charge in [0.1, 0.15) is 12.1 Å². The molecule has 0 aliphatic carbocycles. The third-order valence-corrected chi connectivity index (χ3v) is 2.02. The molecule has 0 radical (unpaired) electrons. The SMILES string of the molecule is CNCc1ncnc2ccc(F)cc12. The molecule has 14 heavy (non-hydrogen) atoms. The molecule has 3 nitrogen and oxygen atoms in total. The van der Waals surface area contributed by atoms with Crippen LogP contribution in [0.25, 0.3) is 10.9 Å². The van der Waals surface area contributed by atoms with E-state index in [2.05, 4.69) is 15.3 Å². The van der Waals surface area contributed by atoms with Crippen LogP contribution >= 0.6 is 0 Å². The van der Waals surface area contributed by atoms with E-state index in [4.69, 9.17) is 0 Å². The van der Waals surface area contributed by atoms with Crippen LogP contribution in [0.5, 0.6) is 0 Å². The highest BCUT2D eigenvalue weighted by Gasteiger charge is 2.03. The second-order valence-electron chi connectivity index (χ2n) is 3.01. The minimum absolute atomic E-state index is 0.260. The van der Waals surface area contributed by atoms with Crippen molar-refractivity contribution in [2.75, 3.05) is 7.05 Å². The number of rotatable bonds is 2. The van der Waals surface area contributed by atoms with E-state index in [1.54, 1.807) is 6.07 Å². The molecular formula is C10H10FN3. The van der Waals surface area contributed by atoms with Crippen molar-refractivity contribution in [2.24, 2.45) is 0 Å². The van der Waals surface area contributed by atoms with Gasteiger partial charge in [-0.3, -0.25) is 0 Å². The Hall–Kier alpha value is -1.55. The number of halogens is 1. The summed E-state index contributed by atoms with van der Waals surface area (Å²) in [5.74, 6) is -0.260. The molecule has 1 heterocycles. The molecule has 0 unspecified atom stereocenters. The average molecular weight is 191 g/mol. The van der Waals surface area contributed by atoms with E-state index in [1.165, 1.54) is 18.5 Å². The van der Waals surface area contributed by atoms with Gasteiger partial charge in [0.15, 0.2) is 0 Å². The van der Waals surface area contributed by atoms with Gasteiger partial charge in [-0.05, 0) is 25.2 Å². The molecule has 2 aromatic rings. The molecule has 0 aliphatic rings. The summed E-state index contributed by atoms with van der Waals surface area (Å²) in [6.07, 6.45) is 1.49. The molecule has 0 aliphatic heterocycles. The van der Waals surface area contributed by atoms with Crippen LogP contribution in [0.15, 0.2) is 24.5 Å². The van der Waals surface area contributed by atoms with Gasteiger partial charge in [-0.2, -0.15) is 0 Å². The van der Waals surface area contributed by atoms with Gasteiger partial charge < -0.3 is 5.32 Å². The fraction of sp³-hybridized carbons (Fsp3) is 0.200. The monoisotopic (exact) mass is 191 g/mol. The molecular weight excluding hydrogens is 181 g/mol. The number of hydrogen-bond donors (Lipinski definition) is 1. The van der Waals surface area contributed by atoms with Gasteiger partial charge in [-0.15, -0.1) is 0 Å². The van der Waals surface area contributed by atoms with Gasteiger partial charge in [0.2, 0.25) is 0 Å². The molecule has 72 valence electrons. The lowest BCUT2D eigenvalue weighted by molar-refractivity contribution is 0.629. The van der Waals surface area contributed by atoms with Gasteiger partial charge in [0, 0.05) is 11.9 Å². The lowest BCUT2D eigenvalue weighted by Crippen LogP contribution is -2.07. The minimum Gasteiger partial charge on any atom is -0.314 e. The second kappa shape index (κ2) is 3.67. The Labute approximate surface area is 81.0 Å². The predicted octanol–water partition coefficient (Wildman–Crippen LogP) is 1.49. The highest BCUT2D eigenvalue weighted by molar-refractivity contribution is 5.80. The Balaban J connectivity index is 2.64. The lowest BCUT2D eigenvalue weighted by Gasteiger charge is -2.03. The average Bonchev–Trinajstić information content (AvgIpc) is 2.19. The summed E-state index contributed by atoms with van der Waals surface area (Å²) in [7, 11) is 1.83. The van der Waals surface area contributed by atoms with Crippen molar-refractivity contribution in [3.05, 3.63) is 36.0 Å². The topological polar surface area (TPSA) is 37.8 Å². The first kappa shape index (κ1) is 9.02. The normalized spacial score (nSPS) is 10.7. The molecule has 0 atom stereocenters. The van der Waals surface area contributed by atoms with Crippen molar-refractivity contribution in [3.8, 4) is 0 Å². The molecule has 0 saturated carbocycles. The quantitative estimate of drug-likeness (QED) is 0.781. The Bertz CT molecular complexity index is 456. The van der Waals surface area contributed by atoms with E-state index in [1.807, 2.05) is 7.05 Å². The fourth-order valence-electron chi connectivity index (χ4n) is 1.39. The van der Waals surface area contributed by atoms with Crippen LogP contribution in [0.4, 0.5) is 4.39 Å². The molecule has 0 fully saturated rings. The van der Waals surface area contributed by atoms with Crippen LogP contribution in [-0.2, 0) is 6.54 Å². The molecule has 2 rings (SSSR count). The van der Waals surface area contributed by atoms with Gasteiger partial charge >= 0.3 is 0 Å². The van der Waals surface area contributed by atoms with E-state index in [-0.39, 0.29) is 5.82 Å². The van der Waals surface area contributed by atoms with Gasteiger partial charge in [-0.25, -0.2) is 14.4 Å².